The molecule has 0 saturated heterocycles. The Hall–Kier alpha value is -1.13. The average Bonchev–Trinajstić information content (AvgIpc) is 1.79. The van der Waals surface area contributed by atoms with Crippen LogP contribution in [-0.4, -0.2) is 23.8 Å². The molecule has 58 valence electrons. The van der Waals surface area contributed by atoms with E-state index in [0.29, 0.717) is 0 Å². The maximum Gasteiger partial charge on any atom is 0.404 e. The van der Waals surface area contributed by atoms with Crippen molar-refractivity contribution in [3.63, 3.8) is 0 Å². The molecule has 0 unspecified atom stereocenters. The fraction of sp³-hybridized carbons (Fsp3) is 0.600. The lowest BCUT2D eigenvalue weighted by molar-refractivity contribution is -0.129. The molecule has 1 amide bonds. The number of carbonyl (C=O) groups is 2. The highest BCUT2D eigenvalue weighted by atomic mass is 19.1. The van der Waals surface area contributed by atoms with E-state index >= 15 is 0 Å². The van der Waals surface area contributed by atoms with E-state index in [4.69, 9.17) is 5.11 Å². The van der Waals surface area contributed by atoms with Gasteiger partial charge < -0.3 is 10.4 Å². The summed E-state index contributed by atoms with van der Waals surface area (Å²) in [7, 11) is 0. The summed E-state index contributed by atoms with van der Waals surface area (Å²) >= 11 is 0. The first-order valence-electron chi connectivity index (χ1n) is 2.78. The van der Waals surface area contributed by atoms with E-state index in [-0.39, 0.29) is 19.4 Å². The third-order valence-electron chi connectivity index (χ3n) is 0.826. The maximum absolute atomic E-state index is 11.4. The van der Waals surface area contributed by atoms with Crippen molar-refractivity contribution >= 4 is 12.1 Å². The second kappa shape index (κ2) is 4.72. The molecule has 0 fully saturated rings. The molecule has 4 nitrogen and oxygen atoms in total. The van der Waals surface area contributed by atoms with Crippen molar-refractivity contribution in [3.05, 3.63) is 0 Å². The molecular formula is C5H8FNO3. The minimum absolute atomic E-state index is 0.116. The summed E-state index contributed by atoms with van der Waals surface area (Å²) in [5.74, 6) is 0. The van der Waals surface area contributed by atoms with Gasteiger partial charge in [0.25, 0.3) is 0 Å². The van der Waals surface area contributed by atoms with Crippen LogP contribution < -0.4 is 5.32 Å². The second-order valence-electron chi connectivity index (χ2n) is 1.69. The Labute approximate surface area is 57.0 Å². The zero-order chi connectivity index (χ0) is 7.98. The third kappa shape index (κ3) is 6.87. The largest absolute Gasteiger partial charge is 0.465 e. The van der Waals surface area contributed by atoms with Gasteiger partial charge >= 0.3 is 12.1 Å². The zero-order valence-electron chi connectivity index (χ0n) is 5.26. The lowest BCUT2D eigenvalue weighted by Gasteiger charge is -1.95. The molecule has 10 heavy (non-hydrogen) atoms. The van der Waals surface area contributed by atoms with Gasteiger partial charge in [0, 0.05) is 13.0 Å². The molecule has 0 aromatic heterocycles. The molecule has 0 radical (unpaired) electrons. The number of carboxylic acid groups (broad SMARTS) is 1. The molecule has 0 aliphatic carbocycles. The monoisotopic (exact) mass is 149 g/mol. The molecule has 0 aliphatic rings. The summed E-state index contributed by atoms with van der Waals surface area (Å²) in [5.41, 5.74) is 0. The van der Waals surface area contributed by atoms with E-state index in [1.54, 1.807) is 0 Å². The summed E-state index contributed by atoms with van der Waals surface area (Å²) in [6, 6.07) is -1.41. The van der Waals surface area contributed by atoms with Gasteiger partial charge in [0.2, 0.25) is 0 Å². The van der Waals surface area contributed by atoms with Crippen LogP contribution in [0.1, 0.15) is 12.8 Å². The van der Waals surface area contributed by atoms with Gasteiger partial charge in [-0.1, -0.05) is 0 Å². The number of rotatable bonds is 4. The van der Waals surface area contributed by atoms with Gasteiger partial charge in [0.1, 0.15) is 0 Å². The molecule has 0 aromatic carbocycles. The van der Waals surface area contributed by atoms with Crippen molar-refractivity contribution in [2.24, 2.45) is 0 Å². The molecule has 0 bridgehead atoms. The van der Waals surface area contributed by atoms with E-state index < -0.39 is 12.1 Å². The lowest BCUT2D eigenvalue weighted by Crippen LogP contribution is -2.22. The van der Waals surface area contributed by atoms with Gasteiger partial charge in [-0.05, 0) is 6.42 Å². The van der Waals surface area contributed by atoms with Crippen molar-refractivity contribution in [3.8, 4) is 0 Å². The molecule has 0 aliphatic heterocycles. The number of halogens is 1. The van der Waals surface area contributed by atoms with E-state index in [0.717, 1.165) is 0 Å². The standard InChI is InChI=1S/C5H8FNO3/c6-4(8)2-1-3-7-5(9)10/h7H,1-3H2,(H,9,10). The first-order valence-corrected chi connectivity index (χ1v) is 2.78. The minimum atomic E-state index is -1.41. The summed E-state index contributed by atoms with van der Waals surface area (Å²) in [6.07, 6.45) is -1.17. The Morgan fingerprint density at radius 3 is 2.50 bits per heavy atom. The number of amides is 1. The Kier molecular flexibility index (Phi) is 4.19. The molecule has 0 spiro atoms. The fourth-order valence-electron chi connectivity index (χ4n) is 0.423. The van der Waals surface area contributed by atoms with E-state index in [2.05, 4.69) is 0 Å². The predicted molar refractivity (Wildman–Crippen MR) is 31.4 cm³/mol. The molecule has 2 N–H and O–H groups in total. The molecular weight excluding hydrogens is 141 g/mol. The van der Waals surface area contributed by atoms with Crippen LogP contribution in [0, 0.1) is 0 Å². The number of hydrogen-bond acceptors (Lipinski definition) is 2. The van der Waals surface area contributed by atoms with Gasteiger partial charge in [0.15, 0.2) is 0 Å². The molecule has 0 aromatic rings. The van der Waals surface area contributed by atoms with Crippen molar-refractivity contribution in [1.29, 1.82) is 0 Å². The van der Waals surface area contributed by atoms with Crippen LogP contribution in [-0.2, 0) is 4.79 Å². The first kappa shape index (κ1) is 8.87. The van der Waals surface area contributed by atoms with Crippen LogP contribution in [0.4, 0.5) is 9.18 Å². The Morgan fingerprint density at radius 2 is 2.10 bits per heavy atom. The fourth-order valence-corrected chi connectivity index (χ4v) is 0.423. The van der Waals surface area contributed by atoms with Crippen molar-refractivity contribution in [2.75, 3.05) is 6.54 Å². The lowest BCUT2D eigenvalue weighted by atomic mass is 10.3. The highest BCUT2D eigenvalue weighted by molar-refractivity contribution is 5.68. The van der Waals surface area contributed by atoms with E-state index in [1.165, 1.54) is 0 Å². The van der Waals surface area contributed by atoms with Crippen molar-refractivity contribution in [2.45, 2.75) is 12.8 Å². The minimum Gasteiger partial charge on any atom is -0.465 e. The second-order valence-corrected chi connectivity index (χ2v) is 1.69. The van der Waals surface area contributed by atoms with Gasteiger partial charge in [-0.15, -0.1) is 0 Å². The van der Waals surface area contributed by atoms with Crippen LogP contribution in [0.2, 0.25) is 0 Å². The van der Waals surface area contributed by atoms with Gasteiger partial charge in [-0.25, -0.2) is 4.79 Å². The number of carbonyl (C=O) groups excluding carboxylic acids is 1. The third-order valence-corrected chi connectivity index (χ3v) is 0.826. The van der Waals surface area contributed by atoms with E-state index in [1.807, 2.05) is 5.32 Å². The first-order chi connectivity index (χ1) is 4.63. The Balaban J connectivity index is 3.06. The highest BCUT2D eigenvalue weighted by Crippen LogP contribution is 1.88. The van der Waals surface area contributed by atoms with Crippen LogP contribution in [0.5, 0.6) is 0 Å². The average molecular weight is 149 g/mol. The highest BCUT2D eigenvalue weighted by Gasteiger charge is 1.98. The normalized spacial score (nSPS) is 8.90. The van der Waals surface area contributed by atoms with Crippen LogP contribution in [0.3, 0.4) is 0 Å². The van der Waals surface area contributed by atoms with E-state index in [9.17, 15) is 14.0 Å². The smallest absolute Gasteiger partial charge is 0.404 e. The molecule has 5 heteroatoms. The maximum atomic E-state index is 11.4. The predicted octanol–water partition coefficient (Wildman–Crippen LogP) is 0.530. The quantitative estimate of drug-likeness (QED) is 0.452. The zero-order valence-corrected chi connectivity index (χ0v) is 5.26. The number of nitrogens with one attached hydrogen (secondary N) is 1. The molecule has 0 atom stereocenters. The van der Waals surface area contributed by atoms with Gasteiger partial charge in [0.05, 0.1) is 0 Å². The van der Waals surface area contributed by atoms with Crippen LogP contribution >= 0.6 is 0 Å². The Morgan fingerprint density at radius 1 is 1.50 bits per heavy atom. The number of hydrogen-bond donors (Lipinski definition) is 2. The van der Waals surface area contributed by atoms with Gasteiger partial charge in [-0.2, -0.15) is 4.39 Å². The topological polar surface area (TPSA) is 66.4 Å². The summed E-state index contributed by atoms with van der Waals surface area (Å²) in [5, 5.41) is 9.99. The Bertz CT molecular complexity index is 121. The van der Waals surface area contributed by atoms with Crippen molar-refractivity contribution in [1.82, 2.24) is 5.32 Å². The summed E-state index contributed by atoms with van der Waals surface area (Å²) < 4.78 is 11.4. The van der Waals surface area contributed by atoms with Crippen LogP contribution in [0.25, 0.3) is 0 Å². The molecule has 0 rings (SSSR count). The summed E-state index contributed by atoms with van der Waals surface area (Å²) in [6.45, 7) is 0.116. The van der Waals surface area contributed by atoms with Crippen molar-refractivity contribution < 1.29 is 19.1 Å². The summed E-state index contributed by atoms with van der Waals surface area (Å²) in [4.78, 5) is 19.4. The van der Waals surface area contributed by atoms with Gasteiger partial charge in [-0.3, -0.25) is 4.79 Å². The SMILES string of the molecule is O=C(F)CCCNC(=O)O. The van der Waals surface area contributed by atoms with Crippen LogP contribution in [0.15, 0.2) is 0 Å². The molecule has 0 heterocycles. The molecule has 0 saturated carbocycles.